The van der Waals surface area contributed by atoms with Crippen LogP contribution < -0.4 is 4.90 Å². The summed E-state index contributed by atoms with van der Waals surface area (Å²) in [5.41, 5.74) is 1.52. The van der Waals surface area contributed by atoms with Crippen LogP contribution in [0.15, 0.2) is 72.8 Å². The van der Waals surface area contributed by atoms with Gasteiger partial charge in [-0.25, -0.2) is 9.69 Å². The lowest BCUT2D eigenvalue weighted by atomic mass is 10.0. The number of thiophene rings is 1. The molecule has 6 rings (SSSR count). The fourth-order valence-electron chi connectivity index (χ4n) is 6.19. The van der Waals surface area contributed by atoms with Gasteiger partial charge >= 0.3 is 12.0 Å². The number of aliphatic hydroxyl groups is 1. The third-order valence-corrected chi connectivity index (χ3v) is 9.10. The van der Waals surface area contributed by atoms with Crippen molar-refractivity contribution in [3.05, 3.63) is 82.6 Å². The van der Waals surface area contributed by atoms with Crippen LogP contribution in [0.5, 0.6) is 0 Å². The fourth-order valence-corrected chi connectivity index (χ4v) is 7.08. The van der Waals surface area contributed by atoms with Crippen molar-refractivity contribution < 1.29 is 19.8 Å². The molecule has 4 atom stereocenters. The van der Waals surface area contributed by atoms with Crippen molar-refractivity contribution in [2.24, 2.45) is 0 Å². The van der Waals surface area contributed by atoms with Gasteiger partial charge in [-0.1, -0.05) is 36.4 Å². The zero-order chi connectivity index (χ0) is 27.1. The summed E-state index contributed by atoms with van der Waals surface area (Å²) in [5, 5.41) is 22.3. The van der Waals surface area contributed by atoms with Gasteiger partial charge in [0.1, 0.15) is 6.04 Å². The lowest BCUT2D eigenvalue weighted by molar-refractivity contribution is -0.156. The first kappa shape index (κ1) is 25.9. The van der Waals surface area contributed by atoms with Crippen LogP contribution in [0, 0.1) is 6.92 Å². The molecule has 8 nitrogen and oxygen atoms in total. The maximum absolute atomic E-state index is 14.0. The molecule has 39 heavy (non-hydrogen) atoms. The van der Waals surface area contributed by atoms with Gasteiger partial charge in [-0.15, -0.1) is 11.3 Å². The van der Waals surface area contributed by atoms with E-state index in [0.717, 1.165) is 35.5 Å². The van der Waals surface area contributed by atoms with Crippen LogP contribution in [-0.2, 0) is 11.3 Å². The van der Waals surface area contributed by atoms with Gasteiger partial charge in [0.2, 0.25) is 0 Å². The second kappa shape index (κ2) is 10.6. The van der Waals surface area contributed by atoms with E-state index in [-0.39, 0.29) is 24.7 Å². The summed E-state index contributed by atoms with van der Waals surface area (Å²) in [6.45, 7) is 2.90. The van der Waals surface area contributed by atoms with Crippen LogP contribution >= 0.6 is 11.3 Å². The van der Waals surface area contributed by atoms with Gasteiger partial charge in [-0.3, -0.25) is 4.79 Å². The zero-order valence-electron chi connectivity index (χ0n) is 22.0. The van der Waals surface area contributed by atoms with E-state index in [4.69, 9.17) is 0 Å². The lowest BCUT2D eigenvalue weighted by Crippen LogP contribution is -2.69. The number of urea groups is 1. The van der Waals surface area contributed by atoms with Crippen molar-refractivity contribution >= 4 is 34.7 Å². The van der Waals surface area contributed by atoms with Gasteiger partial charge in [0, 0.05) is 39.8 Å². The zero-order valence-corrected chi connectivity index (χ0v) is 22.8. The number of fused-ring (bicyclic) bond motifs is 2. The van der Waals surface area contributed by atoms with Gasteiger partial charge in [-0.2, -0.15) is 0 Å². The molecule has 2 saturated heterocycles. The molecule has 1 saturated carbocycles. The van der Waals surface area contributed by atoms with Crippen LogP contribution in [0.4, 0.5) is 16.2 Å². The highest BCUT2D eigenvalue weighted by Crippen LogP contribution is 2.40. The van der Waals surface area contributed by atoms with E-state index >= 15 is 0 Å². The quantitative estimate of drug-likeness (QED) is 0.393. The normalized spacial score (nSPS) is 23.4. The van der Waals surface area contributed by atoms with Gasteiger partial charge in [0.15, 0.2) is 6.35 Å². The Balaban J connectivity index is 1.30. The molecule has 1 unspecified atom stereocenters. The summed E-state index contributed by atoms with van der Waals surface area (Å²) in [6, 6.07) is 21.6. The van der Waals surface area contributed by atoms with E-state index in [1.54, 1.807) is 21.1 Å². The number of anilines is 2. The molecule has 3 aliphatic rings. The molecule has 9 heteroatoms. The number of benzene rings is 2. The smallest absolute Gasteiger partial charge is 0.323 e. The summed E-state index contributed by atoms with van der Waals surface area (Å²) in [7, 11) is 0. The maximum Gasteiger partial charge on any atom is 0.323 e. The Hall–Kier alpha value is -3.40. The largest absolute Gasteiger partial charge is 0.480 e. The minimum atomic E-state index is -1.22. The second-order valence-electron chi connectivity index (χ2n) is 10.7. The minimum absolute atomic E-state index is 0.0700. The number of carbonyl (C=O) groups excluding carboxylic acids is 1. The standard InChI is InChI=1S/C30H34N4O4S/c1-20-12-16-25(39-20)19-31(21-13-14-21)29(37)34-24-15-17-26(34)27(28(35)36)32(18-24)30(38)33(22-8-4-2-5-9-22)23-10-6-3-7-11-23/h2-12,16,21,24,26-27,30,38H,13-15,17-19H2,1H3,(H,35,36)/t24-,26+,27-,30?/m0/s1. The van der Waals surface area contributed by atoms with Crippen molar-refractivity contribution in [3.8, 4) is 0 Å². The highest BCUT2D eigenvalue weighted by molar-refractivity contribution is 7.11. The molecule has 2 N–H and O–H groups in total. The number of nitrogens with zero attached hydrogens (tertiary/aromatic N) is 4. The molecular weight excluding hydrogens is 512 g/mol. The van der Waals surface area contributed by atoms with Crippen LogP contribution in [0.1, 0.15) is 35.4 Å². The molecule has 2 bridgehead atoms. The van der Waals surface area contributed by atoms with E-state index in [1.165, 1.54) is 4.88 Å². The molecular formula is C30H34N4O4S. The van der Waals surface area contributed by atoms with Crippen molar-refractivity contribution in [3.63, 3.8) is 0 Å². The number of amides is 2. The van der Waals surface area contributed by atoms with Crippen molar-refractivity contribution in [2.75, 3.05) is 11.4 Å². The van der Waals surface area contributed by atoms with Crippen molar-refractivity contribution in [2.45, 2.75) is 69.7 Å². The third-order valence-electron chi connectivity index (χ3n) is 8.12. The average molecular weight is 547 g/mol. The Kier molecular flexibility index (Phi) is 7.05. The average Bonchev–Trinajstić information content (AvgIpc) is 3.63. The van der Waals surface area contributed by atoms with Crippen LogP contribution in [0.2, 0.25) is 0 Å². The molecule has 2 amide bonds. The Morgan fingerprint density at radius 1 is 0.949 bits per heavy atom. The van der Waals surface area contributed by atoms with Crippen LogP contribution in [-0.4, -0.2) is 74.0 Å². The molecule has 0 radical (unpaired) electrons. The van der Waals surface area contributed by atoms with Crippen LogP contribution in [0.25, 0.3) is 0 Å². The van der Waals surface area contributed by atoms with Gasteiger partial charge in [0.05, 0.1) is 12.6 Å². The van der Waals surface area contributed by atoms with E-state index in [2.05, 4.69) is 19.1 Å². The third kappa shape index (κ3) is 5.02. The number of carbonyl (C=O) groups is 2. The lowest BCUT2D eigenvalue weighted by Gasteiger charge is -2.49. The summed E-state index contributed by atoms with van der Waals surface area (Å²) in [4.78, 5) is 36.4. The predicted molar refractivity (Wildman–Crippen MR) is 151 cm³/mol. The number of carboxylic acid groups (broad SMARTS) is 1. The SMILES string of the molecule is Cc1ccc(CN(C(=O)N2[C@H]3CC[C@@H]2[C@@H](C(=O)O)N(C(O)N(c2ccccc2)c2ccccc2)C3)C2CC2)s1. The van der Waals surface area contributed by atoms with Crippen molar-refractivity contribution in [1.29, 1.82) is 0 Å². The number of piperazine rings is 1. The van der Waals surface area contributed by atoms with Gasteiger partial charge in [-0.05, 0) is 69.0 Å². The first-order chi connectivity index (χ1) is 18.9. The van der Waals surface area contributed by atoms with E-state index in [0.29, 0.717) is 13.0 Å². The molecule has 3 fully saturated rings. The highest BCUT2D eigenvalue weighted by atomic mass is 32.1. The van der Waals surface area contributed by atoms with Gasteiger partial charge in [0.25, 0.3) is 0 Å². The minimum Gasteiger partial charge on any atom is -0.480 e. The summed E-state index contributed by atoms with van der Waals surface area (Å²) in [5.74, 6) is -1.02. The summed E-state index contributed by atoms with van der Waals surface area (Å²) >= 11 is 1.70. The Labute approximate surface area is 232 Å². The number of hydrogen-bond donors (Lipinski definition) is 2. The second-order valence-corrected chi connectivity index (χ2v) is 12.1. The molecule has 0 spiro atoms. The van der Waals surface area contributed by atoms with E-state index in [9.17, 15) is 19.8 Å². The van der Waals surface area contributed by atoms with E-state index < -0.39 is 24.4 Å². The first-order valence-electron chi connectivity index (χ1n) is 13.6. The molecule has 2 aromatic carbocycles. The predicted octanol–water partition coefficient (Wildman–Crippen LogP) is 4.86. The Morgan fingerprint density at radius 2 is 1.59 bits per heavy atom. The molecule has 2 aliphatic heterocycles. The number of carboxylic acids is 1. The Morgan fingerprint density at radius 3 is 2.13 bits per heavy atom. The number of aryl methyl sites for hydroxylation is 1. The number of aliphatic carboxylic acids is 1. The molecule has 1 aromatic heterocycles. The van der Waals surface area contributed by atoms with Crippen molar-refractivity contribution in [1.82, 2.24) is 14.7 Å². The van der Waals surface area contributed by atoms with Gasteiger partial charge < -0.3 is 24.9 Å². The molecule has 3 heterocycles. The first-order valence-corrected chi connectivity index (χ1v) is 14.4. The number of para-hydroxylation sites is 2. The van der Waals surface area contributed by atoms with Crippen LogP contribution in [0.3, 0.4) is 0 Å². The number of hydrogen-bond acceptors (Lipinski definition) is 6. The molecule has 1 aliphatic carbocycles. The summed E-state index contributed by atoms with van der Waals surface area (Å²) < 4.78 is 0. The topological polar surface area (TPSA) is 87.6 Å². The van der Waals surface area contributed by atoms with E-state index in [1.807, 2.05) is 70.5 Å². The maximum atomic E-state index is 14.0. The number of aliphatic hydroxyl groups excluding tert-OH is 1. The Bertz CT molecular complexity index is 1280. The fraction of sp³-hybridized carbons (Fsp3) is 0.400. The molecule has 204 valence electrons. The highest BCUT2D eigenvalue weighted by Gasteiger charge is 2.55. The monoisotopic (exact) mass is 546 g/mol. The number of rotatable bonds is 8. The number of likely N-dealkylation sites (tertiary alicyclic amines) is 1. The summed E-state index contributed by atoms with van der Waals surface area (Å²) in [6.07, 6.45) is 2.07. The molecule has 3 aromatic rings.